The first-order valence-electron chi connectivity index (χ1n) is 13.1. The number of benzene rings is 3. The number of fused-ring (bicyclic) bond motifs is 2. The van der Waals surface area contributed by atoms with Crippen LogP contribution in [0.2, 0.25) is 0 Å². The monoisotopic (exact) mass is 652 g/mol. The number of H-pyrrole nitrogens is 1. The lowest BCUT2D eigenvalue weighted by Crippen LogP contribution is -2.32. The summed E-state index contributed by atoms with van der Waals surface area (Å²) in [6, 6.07) is 18.9. The number of nitrogens with two attached hydrogens (primary N) is 1. The summed E-state index contributed by atoms with van der Waals surface area (Å²) in [5, 5.41) is 7.54. The number of anilines is 2. The van der Waals surface area contributed by atoms with Crippen LogP contribution in [0, 0.1) is 5.92 Å². The smallest absolute Gasteiger partial charge is 0.305 e. The number of imide groups is 1. The van der Waals surface area contributed by atoms with Crippen molar-refractivity contribution in [2.24, 2.45) is 11.1 Å². The van der Waals surface area contributed by atoms with Gasteiger partial charge in [0.2, 0.25) is 21.8 Å². The largest absolute Gasteiger partial charge is 0.497 e. The third kappa shape index (κ3) is 5.61. The van der Waals surface area contributed by atoms with Gasteiger partial charge in [-0.1, -0.05) is 35.2 Å². The van der Waals surface area contributed by atoms with Crippen LogP contribution in [0.3, 0.4) is 0 Å². The van der Waals surface area contributed by atoms with Gasteiger partial charge in [-0.15, -0.1) is 0 Å². The third-order valence-electron chi connectivity index (χ3n) is 7.23. The molecule has 1 fully saturated rings. The number of thioether (sulfide) groups is 1. The Hall–Kier alpha value is -4.44. The average molecular weight is 653 g/mol. The summed E-state index contributed by atoms with van der Waals surface area (Å²) < 4.78 is 33.6. The second-order valence-corrected chi connectivity index (χ2v) is 13.7. The van der Waals surface area contributed by atoms with E-state index in [-0.39, 0.29) is 28.2 Å². The molecule has 3 amide bonds. The minimum absolute atomic E-state index is 0.0779. The number of nitrogens with one attached hydrogen (secondary N) is 2. The van der Waals surface area contributed by atoms with Gasteiger partial charge >= 0.3 is 4.87 Å². The van der Waals surface area contributed by atoms with Gasteiger partial charge in [0.1, 0.15) is 16.7 Å². The van der Waals surface area contributed by atoms with E-state index < -0.39 is 33.0 Å². The molecule has 44 heavy (non-hydrogen) atoms. The van der Waals surface area contributed by atoms with E-state index >= 15 is 0 Å². The van der Waals surface area contributed by atoms with Gasteiger partial charge in [-0.3, -0.25) is 19.2 Å². The van der Waals surface area contributed by atoms with Crippen LogP contribution >= 0.6 is 23.1 Å². The Bertz CT molecular complexity index is 1920. The van der Waals surface area contributed by atoms with Crippen LogP contribution < -0.4 is 29.7 Å². The van der Waals surface area contributed by atoms with Gasteiger partial charge in [-0.2, -0.15) is 0 Å². The predicted octanol–water partition coefficient (Wildman–Crippen LogP) is 2.91. The van der Waals surface area contributed by atoms with Crippen molar-refractivity contribution >= 4 is 62.2 Å². The first-order valence-corrected chi connectivity index (χ1v) is 16.3. The van der Waals surface area contributed by atoms with E-state index in [1.54, 1.807) is 48.5 Å². The van der Waals surface area contributed by atoms with Crippen LogP contribution in [-0.4, -0.2) is 50.1 Å². The van der Waals surface area contributed by atoms with Crippen molar-refractivity contribution in [1.29, 1.82) is 0 Å². The van der Waals surface area contributed by atoms with Crippen molar-refractivity contribution in [3.8, 4) is 11.5 Å². The summed E-state index contributed by atoms with van der Waals surface area (Å²) in [6.07, 6.45) is 0. The molecule has 4 aromatic rings. The van der Waals surface area contributed by atoms with Crippen molar-refractivity contribution in [3.63, 3.8) is 0 Å². The Kier molecular flexibility index (Phi) is 7.79. The number of methoxy groups -OCH3 is 1. The summed E-state index contributed by atoms with van der Waals surface area (Å²) in [7, 11) is -2.32. The highest BCUT2D eigenvalue weighted by Crippen LogP contribution is 2.53. The molecule has 0 saturated carbocycles. The normalized spacial score (nSPS) is 19.3. The summed E-state index contributed by atoms with van der Waals surface area (Å²) in [5.74, 6) is -1.52. The van der Waals surface area contributed by atoms with E-state index in [0.29, 0.717) is 38.3 Å². The Labute approximate surface area is 259 Å². The second-order valence-electron chi connectivity index (χ2n) is 9.93. The molecule has 1 aromatic heterocycles. The van der Waals surface area contributed by atoms with E-state index in [2.05, 4.69) is 10.3 Å². The SMILES string of the molecule is COc1ccc(N2C(=O)C3Sc4[nH]c(=O)sc4C(c4ccc(OCC(=O)Nc5ccc(S(N)(=O)=O)cc5)cc4)C3C2=O)cc1. The van der Waals surface area contributed by atoms with Crippen molar-refractivity contribution in [2.75, 3.05) is 23.9 Å². The van der Waals surface area contributed by atoms with Crippen LogP contribution in [0.25, 0.3) is 0 Å². The zero-order valence-corrected chi connectivity index (χ0v) is 25.3. The number of aromatic nitrogens is 1. The number of aromatic amines is 1. The van der Waals surface area contributed by atoms with E-state index in [4.69, 9.17) is 14.6 Å². The Balaban J connectivity index is 1.20. The van der Waals surface area contributed by atoms with Gasteiger partial charge in [-0.25, -0.2) is 18.5 Å². The minimum atomic E-state index is -3.85. The quantitative estimate of drug-likeness (QED) is 0.242. The molecule has 0 aliphatic carbocycles. The molecule has 0 spiro atoms. The summed E-state index contributed by atoms with van der Waals surface area (Å²) in [4.78, 5) is 56.5. The zero-order chi connectivity index (χ0) is 31.2. The zero-order valence-electron chi connectivity index (χ0n) is 22.9. The molecule has 3 atom stereocenters. The standard InChI is InChI=1S/C29H24N4O8S3/c1-40-18-10-6-17(7-11-18)33-27(35)23-22(24-26(32-29(37)43-24)42-25(23)28(33)36)15-2-8-19(9-3-15)41-14-21(34)31-16-4-12-20(13-5-16)44(30,38)39/h2-13,22-23,25H,14H2,1H3,(H,31,34)(H,32,37)(H2,30,38,39). The lowest BCUT2D eigenvalue weighted by atomic mass is 9.83. The first-order chi connectivity index (χ1) is 21.0. The molecular weight excluding hydrogens is 629 g/mol. The highest BCUT2D eigenvalue weighted by Gasteiger charge is 2.56. The maximum absolute atomic E-state index is 13.8. The average Bonchev–Trinajstić information content (AvgIpc) is 3.50. The summed E-state index contributed by atoms with van der Waals surface area (Å²) >= 11 is 2.21. The van der Waals surface area contributed by atoms with Crippen LogP contribution in [0.1, 0.15) is 16.4 Å². The number of hydrogen-bond donors (Lipinski definition) is 3. The molecule has 1 saturated heterocycles. The van der Waals surface area contributed by atoms with Gasteiger partial charge in [-0.05, 0) is 66.2 Å². The summed E-state index contributed by atoms with van der Waals surface area (Å²) in [6.45, 7) is -0.325. The van der Waals surface area contributed by atoms with Crippen LogP contribution in [0.15, 0.2) is 87.5 Å². The maximum atomic E-state index is 13.8. The fourth-order valence-electron chi connectivity index (χ4n) is 5.21. The number of primary sulfonamides is 1. The molecule has 0 bridgehead atoms. The first kappa shape index (κ1) is 29.6. The van der Waals surface area contributed by atoms with Gasteiger partial charge in [0.15, 0.2) is 6.61 Å². The van der Waals surface area contributed by atoms with Crippen molar-refractivity contribution in [2.45, 2.75) is 21.1 Å². The number of ether oxygens (including phenoxy) is 2. The van der Waals surface area contributed by atoms with Crippen molar-refractivity contribution in [3.05, 3.63) is 92.9 Å². The van der Waals surface area contributed by atoms with Gasteiger partial charge in [0, 0.05) is 16.5 Å². The number of thiazole rings is 1. The number of carbonyl (C=O) groups excluding carboxylic acids is 3. The maximum Gasteiger partial charge on any atom is 0.305 e. The third-order valence-corrected chi connectivity index (χ3v) is 10.6. The van der Waals surface area contributed by atoms with Crippen LogP contribution in [0.5, 0.6) is 11.5 Å². The molecule has 15 heteroatoms. The Morgan fingerprint density at radius 1 is 0.955 bits per heavy atom. The van der Waals surface area contributed by atoms with E-state index in [9.17, 15) is 27.6 Å². The van der Waals surface area contributed by atoms with Gasteiger partial charge in [0.05, 0.1) is 28.6 Å². The van der Waals surface area contributed by atoms with E-state index in [0.717, 1.165) is 11.3 Å². The molecule has 12 nitrogen and oxygen atoms in total. The molecule has 0 radical (unpaired) electrons. The van der Waals surface area contributed by atoms with Crippen LogP contribution in [-0.2, 0) is 24.4 Å². The van der Waals surface area contributed by atoms with E-state index in [1.165, 1.54) is 48.0 Å². The molecule has 2 aliphatic rings. The fourth-order valence-corrected chi connectivity index (χ4v) is 8.24. The number of amides is 3. The molecule has 3 unspecified atom stereocenters. The van der Waals surface area contributed by atoms with Crippen LogP contribution in [0.4, 0.5) is 11.4 Å². The molecule has 3 heterocycles. The van der Waals surface area contributed by atoms with E-state index in [1.807, 2.05) is 0 Å². The molecule has 2 aliphatic heterocycles. The lowest BCUT2D eigenvalue weighted by Gasteiger charge is -2.29. The molecule has 6 rings (SSSR count). The lowest BCUT2D eigenvalue weighted by molar-refractivity contribution is -0.122. The molecule has 4 N–H and O–H groups in total. The molecule has 3 aromatic carbocycles. The predicted molar refractivity (Wildman–Crippen MR) is 164 cm³/mol. The van der Waals surface area contributed by atoms with Crippen molar-refractivity contribution in [1.82, 2.24) is 4.98 Å². The number of rotatable bonds is 8. The highest BCUT2D eigenvalue weighted by molar-refractivity contribution is 8.00. The topological polar surface area (TPSA) is 178 Å². The minimum Gasteiger partial charge on any atom is -0.497 e. The Morgan fingerprint density at radius 3 is 2.25 bits per heavy atom. The number of carbonyl (C=O) groups is 3. The Morgan fingerprint density at radius 2 is 1.61 bits per heavy atom. The molecule has 226 valence electrons. The highest BCUT2D eigenvalue weighted by atomic mass is 32.2. The number of hydrogen-bond acceptors (Lipinski definition) is 10. The van der Waals surface area contributed by atoms with Gasteiger partial charge in [0.25, 0.3) is 5.91 Å². The summed E-state index contributed by atoms with van der Waals surface area (Å²) in [5.41, 5.74) is 1.52. The number of sulfonamides is 1. The van der Waals surface area contributed by atoms with Gasteiger partial charge < -0.3 is 19.8 Å². The molecular formula is C29H24N4O8S3. The fraction of sp³-hybridized carbons (Fsp3) is 0.172. The number of nitrogens with zero attached hydrogens (tertiary/aromatic N) is 1. The van der Waals surface area contributed by atoms with Crippen molar-refractivity contribution < 1.29 is 32.3 Å². The second kappa shape index (κ2) is 11.6.